The summed E-state index contributed by atoms with van der Waals surface area (Å²) in [5.74, 6) is -1.22. The molecular weight excluding hydrogens is 152 g/mol. The number of carbonyl (C=O) groups is 1. The van der Waals surface area contributed by atoms with Crippen LogP contribution in [0, 0.1) is 0 Å². The minimum Gasteiger partial charge on any atom is -0.348 e. The standard InChI is InChI=1S/C7H11F2NO/c1-3-4-5(2)10-7(11)6(8)9/h3,5-6H,1,4H2,2H3,(H,10,11). The molecule has 1 unspecified atom stereocenters. The predicted molar refractivity (Wildman–Crippen MR) is 38.4 cm³/mol. The van der Waals surface area contributed by atoms with Gasteiger partial charge in [-0.1, -0.05) is 6.08 Å². The molecule has 0 aliphatic carbocycles. The third kappa shape index (κ3) is 4.47. The highest BCUT2D eigenvalue weighted by Gasteiger charge is 2.16. The molecule has 1 amide bonds. The van der Waals surface area contributed by atoms with Gasteiger partial charge in [0.1, 0.15) is 0 Å². The van der Waals surface area contributed by atoms with Crippen LogP contribution in [0.5, 0.6) is 0 Å². The van der Waals surface area contributed by atoms with Crippen LogP contribution in [-0.4, -0.2) is 18.4 Å². The van der Waals surface area contributed by atoms with Crippen LogP contribution in [0.1, 0.15) is 13.3 Å². The van der Waals surface area contributed by atoms with Crippen LogP contribution in [0.2, 0.25) is 0 Å². The minimum atomic E-state index is -2.93. The van der Waals surface area contributed by atoms with E-state index in [0.717, 1.165) is 0 Å². The molecule has 0 spiro atoms. The van der Waals surface area contributed by atoms with E-state index in [1.807, 2.05) is 0 Å². The molecule has 0 bridgehead atoms. The van der Waals surface area contributed by atoms with Crippen molar-refractivity contribution in [3.63, 3.8) is 0 Å². The van der Waals surface area contributed by atoms with Crippen molar-refractivity contribution < 1.29 is 13.6 Å². The SMILES string of the molecule is C=CCC(C)NC(=O)C(F)F. The molecule has 64 valence electrons. The van der Waals surface area contributed by atoms with E-state index in [9.17, 15) is 13.6 Å². The zero-order chi connectivity index (χ0) is 8.85. The van der Waals surface area contributed by atoms with Gasteiger partial charge in [0.05, 0.1) is 0 Å². The molecule has 11 heavy (non-hydrogen) atoms. The molecular formula is C7H11F2NO. The Balaban J connectivity index is 3.65. The van der Waals surface area contributed by atoms with Crippen LogP contribution < -0.4 is 5.32 Å². The highest BCUT2D eigenvalue weighted by atomic mass is 19.3. The highest BCUT2D eigenvalue weighted by Crippen LogP contribution is 1.95. The average molecular weight is 163 g/mol. The number of halogens is 2. The lowest BCUT2D eigenvalue weighted by Crippen LogP contribution is -2.36. The summed E-state index contributed by atoms with van der Waals surface area (Å²) in [6.07, 6.45) is -0.864. The molecule has 0 aromatic rings. The highest BCUT2D eigenvalue weighted by molar-refractivity contribution is 5.79. The summed E-state index contributed by atoms with van der Waals surface area (Å²) in [5.41, 5.74) is 0. The van der Waals surface area contributed by atoms with Gasteiger partial charge in [-0.3, -0.25) is 4.79 Å². The second-order valence-corrected chi connectivity index (χ2v) is 2.23. The number of hydrogen-bond acceptors (Lipinski definition) is 1. The van der Waals surface area contributed by atoms with Crippen molar-refractivity contribution in [2.45, 2.75) is 25.8 Å². The minimum absolute atomic E-state index is 0.269. The average Bonchev–Trinajstić information content (AvgIpc) is 1.87. The van der Waals surface area contributed by atoms with Gasteiger partial charge in [0.15, 0.2) is 0 Å². The van der Waals surface area contributed by atoms with Crippen LogP contribution >= 0.6 is 0 Å². The molecule has 0 saturated heterocycles. The molecule has 0 fully saturated rings. The van der Waals surface area contributed by atoms with E-state index in [0.29, 0.717) is 6.42 Å². The van der Waals surface area contributed by atoms with Crippen LogP contribution in [-0.2, 0) is 4.79 Å². The normalized spacial score (nSPS) is 12.7. The van der Waals surface area contributed by atoms with E-state index in [4.69, 9.17) is 0 Å². The van der Waals surface area contributed by atoms with Crippen molar-refractivity contribution in [3.8, 4) is 0 Å². The molecule has 0 aromatic heterocycles. The Hall–Kier alpha value is -0.930. The first kappa shape index (κ1) is 10.1. The Morgan fingerprint density at radius 2 is 2.27 bits per heavy atom. The summed E-state index contributed by atoms with van der Waals surface area (Å²) in [5, 5.41) is 2.12. The fourth-order valence-corrected chi connectivity index (χ4v) is 0.615. The largest absolute Gasteiger partial charge is 0.348 e. The first-order valence-corrected chi connectivity index (χ1v) is 3.27. The maximum Gasteiger partial charge on any atom is 0.315 e. The lowest BCUT2D eigenvalue weighted by Gasteiger charge is -2.10. The molecule has 0 aromatic carbocycles. The van der Waals surface area contributed by atoms with Gasteiger partial charge in [-0.2, -0.15) is 8.78 Å². The molecule has 0 rings (SSSR count). The Morgan fingerprint density at radius 3 is 2.64 bits per heavy atom. The Bertz CT molecular complexity index is 147. The fourth-order valence-electron chi connectivity index (χ4n) is 0.615. The van der Waals surface area contributed by atoms with E-state index in [2.05, 4.69) is 11.9 Å². The molecule has 1 atom stereocenters. The second-order valence-electron chi connectivity index (χ2n) is 2.23. The molecule has 0 radical (unpaired) electrons. The zero-order valence-electron chi connectivity index (χ0n) is 6.31. The molecule has 0 aliphatic rings. The summed E-state index contributed by atoms with van der Waals surface area (Å²) in [7, 11) is 0. The maximum absolute atomic E-state index is 11.6. The number of carbonyl (C=O) groups excluding carboxylic acids is 1. The van der Waals surface area contributed by atoms with Gasteiger partial charge in [-0.15, -0.1) is 6.58 Å². The van der Waals surface area contributed by atoms with Gasteiger partial charge in [0.2, 0.25) is 0 Å². The third-order valence-electron chi connectivity index (χ3n) is 1.11. The first-order valence-electron chi connectivity index (χ1n) is 3.27. The number of amides is 1. The smallest absolute Gasteiger partial charge is 0.315 e. The number of hydrogen-bond donors (Lipinski definition) is 1. The quantitative estimate of drug-likeness (QED) is 0.622. The molecule has 0 saturated carbocycles. The van der Waals surface area contributed by atoms with Gasteiger partial charge < -0.3 is 5.32 Å². The third-order valence-corrected chi connectivity index (χ3v) is 1.11. The van der Waals surface area contributed by atoms with E-state index in [-0.39, 0.29) is 6.04 Å². The van der Waals surface area contributed by atoms with Gasteiger partial charge in [0.25, 0.3) is 5.91 Å². The second kappa shape index (κ2) is 4.82. The van der Waals surface area contributed by atoms with Crippen molar-refractivity contribution in [2.75, 3.05) is 0 Å². The molecule has 0 aliphatic heterocycles. The van der Waals surface area contributed by atoms with E-state index in [1.165, 1.54) is 0 Å². The lowest BCUT2D eigenvalue weighted by atomic mass is 10.2. The van der Waals surface area contributed by atoms with Crippen molar-refractivity contribution in [3.05, 3.63) is 12.7 Å². The maximum atomic E-state index is 11.6. The van der Waals surface area contributed by atoms with Crippen LogP contribution in [0.15, 0.2) is 12.7 Å². The van der Waals surface area contributed by atoms with Crippen LogP contribution in [0.25, 0.3) is 0 Å². The lowest BCUT2D eigenvalue weighted by molar-refractivity contribution is -0.132. The molecule has 2 nitrogen and oxygen atoms in total. The van der Waals surface area contributed by atoms with E-state index < -0.39 is 12.3 Å². The van der Waals surface area contributed by atoms with Crippen molar-refractivity contribution in [1.29, 1.82) is 0 Å². The monoisotopic (exact) mass is 163 g/mol. The van der Waals surface area contributed by atoms with E-state index >= 15 is 0 Å². The fraction of sp³-hybridized carbons (Fsp3) is 0.571. The van der Waals surface area contributed by atoms with Crippen molar-refractivity contribution in [1.82, 2.24) is 5.32 Å². The molecule has 1 N–H and O–H groups in total. The van der Waals surface area contributed by atoms with Gasteiger partial charge in [0, 0.05) is 6.04 Å². The van der Waals surface area contributed by atoms with Crippen LogP contribution in [0.4, 0.5) is 8.78 Å². The number of rotatable bonds is 4. The summed E-state index contributed by atoms with van der Waals surface area (Å²) in [6.45, 7) is 5.05. The predicted octanol–water partition coefficient (Wildman–Crippen LogP) is 1.33. The van der Waals surface area contributed by atoms with Crippen LogP contribution in [0.3, 0.4) is 0 Å². The molecule has 0 heterocycles. The zero-order valence-corrected chi connectivity index (χ0v) is 6.31. The van der Waals surface area contributed by atoms with E-state index in [1.54, 1.807) is 13.0 Å². The van der Waals surface area contributed by atoms with Gasteiger partial charge >= 0.3 is 6.43 Å². The Morgan fingerprint density at radius 1 is 1.73 bits per heavy atom. The Labute approximate surface area is 64.3 Å². The number of alkyl halides is 2. The summed E-state index contributed by atoms with van der Waals surface area (Å²) in [6, 6.07) is -0.269. The number of nitrogens with one attached hydrogen (secondary N) is 1. The first-order chi connectivity index (χ1) is 5.07. The molecule has 4 heteroatoms. The topological polar surface area (TPSA) is 29.1 Å². The van der Waals surface area contributed by atoms with Crippen molar-refractivity contribution >= 4 is 5.91 Å². The summed E-state index contributed by atoms with van der Waals surface area (Å²) >= 11 is 0. The van der Waals surface area contributed by atoms with Crippen molar-refractivity contribution in [2.24, 2.45) is 0 Å². The van der Waals surface area contributed by atoms with Gasteiger partial charge in [-0.25, -0.2) is 0 Å². The summed E-state index contributed by atoms with van der Waals surface area (Å²) in [4.78, 5) is 10.3. The Kier molecular flexibility index (Phi) is 4.41. The summed E-state index contributed by atoms with van der Waals surface area (Å²) < 4.78 is 23.2. The van der Waals surface area contributed by atoms with Gasteiger partial charge in [-0.05, 0) is 13.3 Å².